The molecule has 3 nitrogen and oxygen atoms in total. The van der Waals surface area contributed by atoms with E-state index in [1.54, 1.807) is 0 Å². The van der Waals surface area contributed by atoms with E-state index in [4.69, 9.17) is 5.73 Å². The molecule has 1 heterocycles. The number of hydrogen-bond acceptors (Lipinski definition) is 2. The lowest BCUT2D eigenvalue weighted by Crippen LogP contribution is -1.95. The summed E-state index contributed by atoms with van der Waals surface area (Å²) in [5.41, 5.74) is 8.86. The molecule has 0 atom stereocenters. The molecule has 1 aromatic carbocycles. The Morgan fingerprint density at radius 1 is 1.50 bits per heavy atom. The van der Waals surface area contributed by atoms with Crippen molar-refractivity contribution in [3.8, 4) is 0 Å². The van der Waals surface area contributed by atoms with Crippen molar-refractivity contribution in [1.82, 2.24) is 9.78 Å². The van der Waals surface area contributed by atoms with Crippen molar-refractivity contribution in [2.24, 2.45) is 12.8 Å². The summed E-state index contributed by atoms with van der Waals surface area (Å²) in [5.74, 6) is 0. The Balaban J connectivity index is 2.83. The van der Waals surface area contributed by atoms with Gasteiger partial charge in [0.15, 0.2) is 0 Å². The summed E-state index contributed by atoms with van der Waals surface area (Å²) in [6.45, 7) is 2.60. The molecule has 2 N–H and O–H groups in total. The van der Waals surface area contributed by atoms with Crippen LogP contribution < -0.4 is 5.73 Å². The average molecular weight is 254 g/mol. The van der Waals surface area contributed by atoms with Gasteiger partial charge in [0.25, 0.3) is 0 Å². The van der Waals surface area contributed by atoms with E-state index < -0.39 is 0 Å². The minimum atomic E-state index is 0.546. The highest BCUT2D eigenvalue weighted by Gasteiger charge is 2.09. The fraction of sp³-hybridized carbons (Fsp3) is 0.300. The third-order valence-corrected chi connectivity index (χ3v) is 3.10. The van der Waals surface area contributed by atoms with E-state index >= 15 is 0 Å². The molecular formula is C10H12BrN3. The van der Waals surface area contributed by atoms with E-state index in [1.807, 2.05) is 17.8 Å². The summed E-state index contributed by atoms with van der Waals surface area (Å²) in [7, 11) is 1.95. The number of fused-ring (bicyclic) bond motifs is 1. The van der Waals surface area contributed by atoms with Crippen LogP contribution in [0.15, 0.2) is 16.6 Å². The monoisotopic (exact) mass is 253 g/mol. The third kappa shape index (κ3) is 1.35. The summed E-state index contributed by atoms with van der Waals surface area (Å²) < 4.78 is 2.96. The van der Waals surface area contributed by atoms with Crippen LogP contribution in [0.1, 0.15) is 11.3 Å². The molecule has 1 aromatic heterocycles. The summed E-state index contributed by atoms with van der Waals surface area (Å²) in [5, 5.41) is 5.58. The largest absolute Gasteiger partial charge is 0.326 e. The molecule has 2 rings (SSSR count). The molecule has 2 aromatic rings. The van der Waals surface area contributed by atoms with E-state index in [1.165, 1.54) is 5.39 Å². The number of halogens is 1. The molecule has 0 bridgehead atoms. The van der Waals surface area contributed by atoms with Gasteiger partial charge in [0.05, 0.1) is 5.52 Å². The van der Waals surface area contributed by atoms with Gasteiger partial charge >= 0.3 is 0 Å². The van der Waals surface area contributed by atoms with Crippen molar-refractivity contribution in [2.45, 2.75) is 13.5 Å². The van der Waals surface area contributed by atoms with Crippen molar-refractivity contribution in [3.63, 3.8) is 0 Å². The molecule has 0 spiro atoms. The number of nitrogens with two attached hydrogens (primary N) is 1. The van der Waals surface area contributed by atoms with Crippen molar-refractivity contribution in [2.75, 3.05) is 0 Å². The van der Waals surface area contributed by atoms with E-state index in [9.17, 15) is 0 Å². The van der Waals surface area contributed by atoms with Gasteiger partial charge < -0.3 is 5.73 Å². The number of aromatic nitrogens is 2. The van der Waals surface area contributed by atoms with E-state index in [2.05, 4.69) is 34.0 Å². The van der Waals surface area contributed by atoms with Crippen LogP contribution in [0.25, 0.3) is 10.9 Å². The molecule has 0 aliphatic rings. The lowest BCUT2D eigenvalue weighted by molar-refractivity contribution is 0.751. The summed E-state index contributed by atoms with van der Waals surface area (Å²) >= 11 is 3.54. The van der Waals surface area contributed by atoms with Crippen LogP contribution in [-0.4, -0.2) is 9.78 Å². The fourth-order valence-corrected chi connectivity index (χ4v) is 2.38. The van der Waals surface area contributed by atoms with Gasteiger partial charge in [-0.15, -0.1) is 0 Å². The normalized spacial score (nSPS) is 11.1. The Bertz CT molecular complexity index is 488. The second-order valence-corrected chi connectivity index (χ2v) is 4.24. The predicted octanol–water partition coefficient (Wildman–Crippen LogP) is 2.10. The molecule has 0 unspecified atom stereocenters. The van der Waals surface area contributed by atoms with Crippen LogP contribution in [0.5, 0.6) is 0 Å². The topological polar surface area (TPSA) is 43.8 Å². The summed E-state index contributed by atoms with van der Waals surface area (Å²) in [4.78, 5) is 0. The smallest absolute Gasteiger partial charge is 0.0940 e. The maximum Gasteiger partial charge on any atom is 0.0940 e. The second kappa shape index (κ2) is 3.37. The Labute approximate surface area is 91.0 Å². The molecule has 0 amide bonds. The minimum absolute atomic E-state index is 0.546. The molecule has 14 heavy (non-hydrogen) atoms. The molecule has 74 valence electrons. The third-order valence-electron chi connectivity index (χ3n) is 2.47. The van der Waals surface area contributed by atoms with E-state index in [-0.39, 0.29) is 0 Å². The minimum Gasteiger partial charge on any atom is -0.326 e. The Kier molecular flexibility index (Phi) is 2.33. The van der Waals surface area contributed by atoms with Crippen molar-refractivity contribution in [1.29, 1.82) is 0 Å². The molecule has 0 radical (unpaired) electrons. The number of rotatable bonds is 1. The zero-order valence-corrected chi connectivity index (χ0v) is 9.80. The highest BCUT2D eigenvalue weighted by molar-refractivity contribution is 9.10. The number of aryl methyl sites for hydroxylation is 2. The van der Waals surface area contributed by atoms with E-state index in [0.29, 0.717) is 6.54 Å². The summed E-state index contributed by atoms with van der Waals surface area (Å²) in [6, 6.07) is 4.09. The highest BCUT2D eigenvalue weighted by atomic mass is 79.9. The Morgan fingerprint density at radius 3 is 2.86 bits per heavy atom. The molecule has 0 aliphatic carbocycles. The molecule has 0 saturated heterocycles. The van der Waals surface area contributed by atoms with E-state index in [0.717, 1.165) is 21.2 Å². The number of benzene rings is 1. The van der Waals surface area contributed by atoms with Gasteiger partial charge in [0.1, 0.15) is 0 Å². The van der Waals surface area contributed by atoms with Crippen LogP contribution >= 0.6 is 15.9 Å². The van der Waals surface area contributed by atoms with Gasteiger partial charge in [-0.1, -0.05) is 15.9 Å². The fourth-order valence-electron chi connectivity index (χ4n) is 1.60. The Hall–Kier alpha value is -0.870. The van der Waals surface area contributed by atoms with Crippen LogP contribution in [0.2, 0.25) is 0 Å². The lowest BCUT2D eigenvalue weighted by Gasteiger charge is -1.99. The Morgan fingerprint density at radius 2 is 2.21 bits per heavy atom. The van der Waals surface area contributed by atoms with Gasteiger partial charge in [-0.2, -0.15) is 5.10 Å². The van der Waals surface area contributed by atoms with Crippen molar-refractivity contribution in [3.05, 3.63) is 27.9 Å². The molecule has 4 heteroatoms. The number of hydrogen-bond donors (Lipinski definition) is 1. The lowest BCUT2D eigenvalue weighted by atomic mass is 10.1. The van der Waals surface area contributed by atoms with Crippen LogP contribution in [0.4, 0.5) is 0 Å². The first kappa shape index (κ1) is 9.68. The maximum atomic E-state index is 5.60. The van der Waals surface area contributed by atoms with Crippen LogP contribution in [-0.2, 0) is 13.6 Å². The van der Waals surface area contributed by atoms with Gasteiger partial charge in [0.2, 0.25) is 0 Å². The first-order chi connectivity index (χ1) is 6.63. The van der Waals surface area contributed by atoms with Gasteiger partial charge in [0, 0.05) is 29.1 Å². The summed E-state index contributed by atoms with van der Waals surface area (Å²) in [6.07, 6.45) is 0. The second-order valence-electron chi connectivity index (χ2n) is 3.38. The maximum absolute atomic E-state index is 5.60. The van der Waals surface area contributed by atoms with Gasteiger partial charge in [-0.25, -0.2) is 0 Å². The van der Waals surface area contributed by atoms with Crippen LogP contribution in [0.3, 0.4) is 0 Å². The zero-order chi connectivity index (χ0) is 10.3. The van der Waals surface area contributed by atoms with Gasteiger partial charge in [-0.05, 0) is 24.6 Å². The standard InChI is InChI=1S/C10H12BrN3/c1-6-10-8(11)3-7(5-12)4-9(10)13-14(6)2/h3-4H,5,12H2,1-2H3. The van der Waals surface area contributed by atoms with Crippen LogP contribution in [0, 0.1) is 6.92 Å². The molecule has 0 saturated carbocycles. The highest BCUT2D eigenvalue weighted by Crippen LogP contribution is 2.27. The molecule has 0 aliphatic heterocycles. The SMILES string of the molecule is Cc1c2c(Br)cc(CN)cc2nn1C. The zero-order valence-electron chi connectivity index (χ0n) is 8.21. The first-order valence-electron chi connectivity index (χ1n) is 4.45. The predicted molar refractivity (Wildman–Crippen MR) is 61.0 cm³/mol. The van der Waals surface area contributed by atoms with Gasteiger partial charge in [-0.3, -0.25) is 4.68 Å². The van der Waals surface area contributed by atoms with Crippen molar-refractivity contribution < 1.29 is 0 Å². The number of nitrogens with zero attached hydrogens (tertiary/aromatic N) is 2. The average Bonchev–Trinajstić information content (AvgIpc) is 2.43. The quantitative estimate of drug-likeness (QED) is 0.846. The molecule has 0 fully saturated rings. The van der Waals surface area contributed by atoms with Crippen molar-refractivity contribution >= 4 is 26.8 Å². The first-order valence-corrected chi connectivity index (χ1v) is 5.24. The molecular weight excluding hydrogens is 242 g/mol.